The van der Waals surface area contributed by atoms with Gasteiger partial charge in [0.15, 0.2) is 0 Å². The van der Waals surface area contributed by atoms with E-state index in [0.29, 0.717) is 10.6 Å². The van der Waals surface area contributed by atoms with E-state index in [9.17, 15) is 4.39 Å². The molecule has 0 spiro atoms. The third-order valence-corrected chi connectivity index (χ3v) is 2.96. The summed E-state index contributed by atoms with van der Waals surface area (Å²) < 4.78 is 13.1. The van der Waals surface area contributed by atoms with E-state index < -0.39 is 11.4 Å². The summed E-state index contributed by atoms with van der Waals surface area (Å²) in [5.41, 5.74) is 6.84. The van der Waals surface area contributed by atoms with Gasteiger partial charge in [-0.3, -0.25) is 4.98 Å². The standard InChI is InChI=1S/C13H12ClFN2/c1-13(16,9-3-2-4-11(14)5-9)10-6-12(15)8-17-7-10/h2-8H,16H2,1H3. The number of pyridine rings is 1. The molecule has 1 heterocycles. The lowest BCUT2D eigenvalue weighted by Gasteiger charge is -2.25. The molecule has 0 bridgehead atoms. The number of nitrogens with zero attached hydrogens (tertiary/aromatic N) is 1. The molecule has 1 atom stereocenters. The molecule has 0 aliphatic heterocycles. The number of nitrogens with two attached hydrogens (primary N) is 1. The minimum atomic E-state index is -0.819. The maximum Gasteiger partial charge on any atom is 0.141 e. The molecule has 88 valence electrons. The van der Waals surface area contributed by atoms with Crippen LogP contribution in [0.25, 0.3) is 0 Å². The monoisotopic (exact) mass is 250 g/mol. The van der Waals surface area contributed by atoms with Gasteiger partial charge in [-0.1, -0.05) is 23.7 Å². The number of rotatable bonds is 2. The van der Waals surface area contributed by atoms with Crippen molar-refractivity contribution in [2.24, 2.45) is 5.73 Å². The Kier molecular flexibility index (Phi) is 3.13. The number of halogens is 2. The molecule has 0 radical (unpaired) electrons. The van der Waals surface area contributed by atoms with Crippen molar-refractivity contribution in [3.8, 4) is 0 Å². The molecule has 2 aromatic rings. The summed E-state index contributed by atoms with van der Waals surface area (Å²) >= 11 is 5.92. The summed E-state index contributed by atoms with van der Waals surface area (Å²) in [4.78, 5) is 3.81. The second-order valence-electron chi connectivity index (χ2n) is 4.10. The lowest BCUT2D eigenvalue weighted by atomic mass is 9.87. The molecule has 2 rings (SSSR count). The van der Waals surface area contributed by atoms with E-state index >= 15 is 0 Å². The van der Waals surface area contributed by atoms with Crippen LogP contribution in [0.1, 0.15) is 18.1 Å². The van der Waals surface area contributed by atoms with Gasteiger partial charge in [0.05, 0.1) is 11.7 Å². The first-order valence-electron chi connectivity index (χ1n) is 5.16. The number of aromatic nitrogens is 1. The van der Waals surface area contributed by atoms with Gasteiger partial charge in [-0.15, -0.1) is 0 Å². The van der Waals surface area contributed by atoms with Crippen LogP contribution in [0.4, 0.5) is 4.39 Å². The van der Waals surface area contributed by atoms with Crippen LogP contribution in [-0.2, 0) is 5.54 Å². The molecule has 0 aliphatic rings. The van der Waals surface area contributed by atoms with E-state index in [-0.39, 0.29) is 0 Å². The molecule has 0 saturated carbocycles. The third kappa shape index (κ3) is 2.46. The van der Waals surface area contributed by atoms with Crippen LogP contribution in [0.2, 0.25) is 5.02 Å². The zero-order valence-corrected chi connectivity index (χ0v) is 10.1. The largest absolute Gasteiger partial charge is 0.318 e. The van der Waals surface area contributed by atoms with Gasteiger partial charge < -0.3 is 5.73 Å². The Hall–Kier alpha value is -1.45. The second-order valence-corrected chi connectivity index (χ2v) is 4.54. The van der Waals surface area contributed by atoms with Gasteiger partial charge in [-0.25, -0.2) is 4.39 Å². The van der Waals surface area contributed by atoms with Crippen molar-refractivity contribution >= 4 is 11.6 Å². The van der Waals surface area contributed by atoms with Gasteiger partial charge in [0.2, 0.25) is 0 Å². The predicted octanol–water partition coefficient (Wildman–Crippen LogP) is 3.10. The van der Waals surface area contributed by atoms with Crippen molar-refractivity contribution in [3.05, 3.63) is 64.7 Å². The summed E-state index contributed by atoms with van der Waals surface area (Å²) in [5.74, 6) is -0.402. The van der Waals surface area contributed by atoms with Crippen LogP contribution in [0.5, 0.6) is 0 Å². The average Bonchev–Trinajstić information content (AvgIpc) is 2.29. The van der Waals surface area contributed by atoms with Crippen molar-refractivity contribution in [1.82, 2.24) is 4.98 Å². The second kappa shape index (κ2) is 4.43. The van der Waals surface area contributed by atoms with E-state index in [1.165, 1.54) is 6.07 Å². The van der Waals surface area contributed by atoms with Crippen molar-refractivity contribution in [2.45, 2.75) is 12.5 Å². The van der Waals surface area contributed by atoms with Crippen LogP contribution in [0, 0.1) is 5.82 Å². The highest BCUT2D eigenvalue weighted by Gasteiger charge is 2.24. The summed E-state index contributed by atoms with van der Waals surface area (Å²) in [7, 11) is 0. The highest BCUT2D eigenvalue weighted by Crippen LogP contribution is 2.27. The highest BCUT2D eigenvalue weighted by atomic mass is 35.5. The van der Waals surface area contributed by atoms with Gasteiger partial charge in [-0.05, 0) is 36.2 Å². The van der Waals surface area contributed by atoms with Gasteiger partial charge >= 0.3 is 0 Å². The highest BCUT2D eigenvalue weighted by molar-refractivity contribution is 6.30. The molecule has 1 aromatic heterocycles. The predicted molar refractivity (Wildman–Crippen MR) is 66.3 cm³/mol. The molecule has 1 unspecified atom stereocenters. The van der Waals surface area contributed by atoms with Crippen molar-refractivity contribution in [3.63, 3.8) is 0 Å². The van der Waals surface area contributed by atoms with Crippen molar-refractivity contribution in [1.29, 1.82) is 0 Å². The zero-order valence-electron chi connectivity index (χ0n) is 9.32. The van der Waals surface area contributed by atoms with E-state index in [1.807, 2.05) is 12.1 Å². The zero-order chi connectivity index (χ0) is 12.5. The van der Waals surface area contributed by atoms with Crippen molar-refractivity contribution in [2.75, 3.05) is 0 Å². The lowest BCUT2D eigenvalue weighted by molar-refractivity contribution is 0.575. The first kappa shape index (κ1) is 12.0. The first-order chi connectivity index (χ1) is 8.00. The van der Waals surface area contributed by atoms with Crippen LogP contribution in [-0.4, -0.2) is 4.98 Å². The van der Waals surface area contributed by atoms with Gasteiger partial charge in [0, 0.05) is 11.2 Å². The lowest BCUT2D eigenvalue weighted by Crippen LogP contribution is -2.34. The van der Waals surface area contributed by atoms with Gasteiger partial charge in [0.25, 0.3) is 0 Å². The van der Waals surface area contributed by atoms with Crippen LogP contribution in [0.15, 0.2) is 42.7 Å². The van der Waals surface area contributed by atoms with Crippen LogP contribution in [0.3, 0.4) is 0 Å². The molecule has 0 amide bonds. The Morgan fingerprint density at radius 2 is 2.00 bits per heavy atom. The fourth-order valence-electron chi connectivity index (χ4n) is 1.67. The third-order valence-electron chi connectivity index (χ3n) is 2.73. The molecule has 1 aromatic carbocycles. The number of benzene rings is 1. The molecule has 0 fully saturated rings. The average molecular weight is 251 g/mol. The van der Waals surface area contributed by atoms with Crippen LogP contribution >= 0.6 is 11.6 Å². The van der Waals surface area contributed by atoms with Gasteiger partial charge in [0.1, 0.15) is 5.82 Å². The minimum absolute atomic E-state index is 0.402. The maximum atomic E-state index is 13.1. The smallest absolute Gasteiger partial charge is 0.141 e. The summed E-state index contributed by atoms with van der Waals surface area (Å²) in [6.45, 7) is 1.80. The fraction of sp³-hybridized carbons (Fsp3) is 0.154. The molecule has 4 heteroatoms. The molecule has 2 N–H and O–H groups in total. The Morgan fingerprint density at radius 1 is 1.24 bits per heavy atom. The Bertz CT molecular complexity index is 493. The molecule has 2 nitrogen and oxygen atoms in total. The first-order valence-corrected chi connectivity index (χ1v) is 5.54. The molecule has 17 heavy (non-hydrogen) atoms. The van der Waals surface area contributed by atoms with E-state index in [0.717, 1.165) is 11.8 Å². The van der Waals surface area contributed by atoms with E-state index in [2.05, 4.69) is 4.98 Å². The quantitative estimate of drug-likeness (QED) is 0.890. The Morgan fingerprint density at radius 3 is 2.65 bits per heavy atom. The Labute approximate surface area is 104 Å². The fourth-order valence-corrected chi connectivity index (χ4v) is 1.86. The summed E-state index contributed by atoms with van der Waals surface area (Å²) in [5, 5.41) is 0.600. The minimum Gasteiger partial charge on any atom is -0.318 e. The van der Waals surface area contributed by atoms with Gasteiger partial charge in [-0.2, -0.15) is 0 Å². The van der Waals surface area contributed by atoms with E-state index in [4.69, 9.17) is 17.3 Å². The van der Waals surface area contributed by atoms with Crippen LogP contribution < -0.4 is 5.73 Å². The normalized spacial score (nSPS) is 14.4. The SMILES string of the molecule is CC(N)(c1cncc(F)c1)c1cccc(Cl)c1. The molecule has 0 saturated heterocycles. The molecular weight excluding hydrogens is 239 g/mol. The van der Waals surface area contributed by atoms with Crippen molar-refractivity contribution < 1.29 is 4.39 Å². The molecule has 0 aliphatic carbocycles. The number of hydrogen-bond acceptors (Lipinski definition) is 2. The summed E-state index contributed by atoms with van der Waals surface area (Å²) in [6, 6.07) is 8.59. The maximum absolute atomic E-state index is 13.1. The topological polar surface area (TPSA) is 38.9 Å². The number of hydrogen-bond donors (Lipinski definition) is 1. The Balaban J connectivity index is 2.49. The molecular formula is C13H12ClFN2. The van der Waals surface area contributed by atoms with E-state index in [1.54, 1.807) is 25.3 Å². The summed E-state index contributed by atoms with van der Waals surface area (Å²) in [6.07, 6.45) is 2.71.